The monoisotopic (exact) mass is 276 g/mol. The van der Waals surface area contributed by atoms with Crippen LogP contribution in [0.2, 0.25) is 0 Å². The molecule has 2 N–H and O–H groups in total. The van der Waals surface area contributed by atoms with Gasteiger partial charge in [-0.05, 0) is 62.7 Å². The van der Waals surface area contributed by atoms with Crippen LogP contribution in [-0.2, 0) is 4.79 Å². The molecule has 3 heteroatoms. The number of carbonyl (C=O) groups excluding carboxylic acids is 1. The Morgan fingerprint density at radius 2 is 1.75 bits per heavy atom. The molecule has 1 heterocycles. The van der Waals surface area contributed by atoms with Crippen LogP contribution in [0.5, 0.6) is 0 Å². The first kappa shape index (κ1) is 13.1. The minimum absolute atomic E-state index is 0.0912. The van der Waals surface area contributed by atoms with Crippen LogP contribution in [0.1, 0.15) is 64.2 Å². The molecule has 4 aliphatic rings. The molecule has 4 rings (SSSR count). The van der Waals surface area contributed by atoms with Gasteiger partial charge in [0.05, 0.1) is 6.04 Å². The Morgan fingerprint density at radius 3 is 2.55 bits per heavy atom. The van der Waals surface area contributed by atoms with Gasteiger partial charge in [-0.3, -0.25) is 4.79 Å². The second-order valence-corrected chi connectivity index (χ2v) is 7.74. The third kappa shape index (κ3) is 2.38. The lowest BCUT2D eigenvalue weighted by atomic mass is 9.77. The molecule has 0 aromatic carbocycles. The van der Waals surface area contributed by atoms with Crippen molar-refractivity contribution in [3.8, 4) is 0 Å². The Morgan fingerprint density at radius 1 is 0.900 bits per heavy atom. The molecule has 0 aromatic rings. The molecule has 2 bridgehead atoms. The number of hydrogen-bond acceptors (Lipinski definition) is 2. The van der Waals surface area contributed by atoms with Gasteiger partial charge >= 0.3 is 0 Å². The van der Waals surface area contributed by atoms with Crippen molar-refractivity contribution in [2.75, 3.05) is 0 Å². The highest BCUT2D eigenvalue weighted by Gasteiger charge is 2.41. The van der Waals surface area contributed by atoms with E-state index >= 15 is 0 Å². The summed E-state index contributed by atoms with van der Waals surface area (Å²) in [6.45, 7) is 0. The molecule has 3 saturated carbocycles. The van der Waals surface area contributed by atoms with Crippen molar-refractivity contribution in [1.82, 2.24) is 10.6 Å². The second kappa shape index (κ2) is 5.32. The van der Waals surface area contributed by atoms with E-state index in [2.05, 4.69) is 10.6 Å². The third-order valence-electron chi connectivity index (χ3n) is 6.53. The summed E-state index contributed by atoms with van der Waals surface area (Å²) in [4.78, 5) is 12.5. The van der Waals surface area contributed by atoms with Crippen LogP contribution in [-0.4, -0.2) is 24.0 Å². The summed E-state index contributed by atoms with van der Waals surface area (Å²) in [5.41, 5.74) is 0. The van der Waals surface area contributed by atoms with Crippen molar-refractivity contribution in [3.63, 3.8) is 0 Å². The molecule has 6 atom stereocenters. The number of carbonyl (C=O) groups is 1. The van der Waals surface area contributed by atoms with Crippen LogP contribution in [0.4, 0.5) is 0 Å². The molecule has 1 amide bonds. The second-order valence-electron chi connectivity index (χ2n) is 7.74. The molecule has 6 unspecified atom stereocenters. The molecule has 112 valence electrons. The fourth-order valence-corrected chi connectivity index (χ4v) is 5.41. The molecular weight excluding hydrogens is 248 g/mol. The highest BCUT2D eigenvalue weighted by atomic mass is 16.2. The van der Waals surface area contributed by atoms with Crippen molar-refractivity contribution in [3.05, 3.63) is 0 Å². The number of amides is 1. The Kier molecular flexibility index (Phi) is 3.49. The number of nitrogens with one attached hydrogen (secondary N) is 2. The van der Waals surface area contributed by atoms with E-state index in [1.807, 2.05) is 0 Å². The van der Waals surface area contributed by atoms with Gasteiger partial charge in [-0.15, -0.1) is 0 Å². The van der Waals surface area contributed by atoms with Gasteiger partial charge in [0, 0.05) is 12.1 Å². The first-order valence-corrected chi connectivity index (χ1v) is 8.86. The number of hydrogen-bond donors (Lipinski definition) is 2. The van der Waals surface area contributed by atoms with Gasteiger partial charge in [0.15, 0.2) is 0 Å². The first-order chi connectivity index (χ1) is 9.79. The average Bonchev–Trinajstić information content (AvgIpc) is 3.09. The van der Waals surface area contributed by atoms with Crippen LogP contribution < -0.4 is 10.6 Å². The van der Waals surface area contributed by atoms with Gasteiger partial charge in [0.1, 0.15) is 0 Å². The van der Waals surface area contributed by atoms with Crippen molar-refractivity contribution in [2.45, 2.75) is 82.3 Å². The molecule has 1 saturated heterocycles. The fraction of sp³-hybridized carbons (Fsp3) is 0.941. The zero-order chi connectivity index (χ0) is 13.5. The summed E-state index contributed by atoms with van der Waals surface area (Å²) < 4.78 is 0. The molecular formula is C17H28N2O. The Balaban J connectivity index is 1.32. The van der Waals surface area contributed by atoms with E-state index in [4.69, 9.17) is 0 Å². The molecule has 3 aliphatic carbocycles. The molecule has 3 nitrogen and oxygen atoms in total. The SMILES string of the molecule is O=C(NC1CC2CCC1C2)C1CCC2CCCCC2N1. The third-order valence-corrected chi connectivity index (χ3v) is 6.53. The Bertz CT molecular complexity index is 383. The lowest BCUT2D eigenvalue weighted by Gasteiger charge is -2.40. The van der Waals surface area contributed by atoms with E-state index in [0.29, 0.717) is 18.0 Å². The maximum Gasteiger partial charge on any atom is 0.237 e. The normalized spacial score (nSPS) is 47.0. The van der Waals surface area contributed by atoms with Gasteiger partial charge < -0.3 is 10.6 Å². The van der Waals surface area contributed by atoms with E-state index in [-0.39, 0.29) is 6.04 Å². The number of fused-ring (bicyclic) bond motifs is 3. The molecule has 0 radical (unpaired) electrons. The highest BCUT2D eigenvalue weighted by Crippen LogP contribution is 2.44. The molecule has 20 heavy (non-hydrogen) atoms. The number of piperidine rings is 1. The predicted octanol–water partition coefficient (Wildman–Crippen LogP) is 2.60. The van der Waals surface area contributed by atoms with Crippen LogP contribution in [0.15, 0.2) is 0 Å². The summed E-state index contributed by atoms with van der Waals surface area (Å²) in [7, 11) is 0. The number of rotatable bonds is 2. The Labute approximate surface area is 122 Å². The van der Waals surface area contributed by atoms with Crippen LogP contribution in [0.25, 0.3) is 0 Å². The molecule has 4 fully saturated rings. The topological polar surface area (TPSA) is 41.1 Å². The lowest BCUT2D eigenvalue weighted by Crippen LogP contribution is -2.56. The van der Waals surface area contributed by atoms with Crippen molar-refractivity contribution in [1.29, 1.82) is 0 Å². The minimum atomic E-state index is 0.0912. The van der Waals surface area contributed by atoms with Crippen LogP contribution >= 0.6 is 0 Å². The minimum Gasteiger partial charge on any atom is -0.352 e. The van der Waals surface area contributed by atoms with Gasteiger partial charge in [-0.25, -0.2) is 0 Å². The van der Waals surface area contributed by atoms with E-state index in [9.17, 15) is 4.79 Å². The van der Waals surface area contributed by atoms with Crippen molar-refractivity contribution >= 4 is 5.91 Å². The summed E-state index contributed by atoms with van der Waals surface area (Å²) in [5.74, 6) is 2.84. The highest BCUT2D eigenvalue weighted by molar-refractivity contribution is 5.82. The standard InChI is InChI=1S/C17H28N2O/c20-17(19-16-10-11-5-6-13(16)9-11)15-8-7-12-3-1-2-4-14(12)18-15/h11-16,18H,1-10H2,(H,19,20). The molecule has 0 spiro atoms. The molecule has 0 aromatic heterocycles. The van der Waals surface area contributed by atoms with E-state index in [0.717, 1.165) is 24.2 Å². The average molecular weight is 276 g/mol. The summed E-state index contributed by atoms with van der Waals surface area (Å²) in [6, 6.07) is 1.20. The lowest BCUT2D eigenvalue weighted by molar-refractivity contribution is -0.125. The van der Waals surface area contributed by atoms with Crippen LogP contribution in [0.3, 0.4) is 0 Å². The van der Waals surface area contributed by atoms with Gasteiger partial charge in [0.25, 0.3) is 0 Å². The van der Waals surface area contributed by atoms with Crippen molar-refractivity contribution in [2.24, 2.45) is 17.8 Å². The van der Waals surface area contributed by atoms with E-state index in [1.54, 1.807) is 0 Å². The summed E-state index contributed by atoms with van der Waals surface area (Å²) >= 11 is 0. The molecule has 1 aliphatic heterocycles. The Hall–Kier alpha value is -0.570. The zero-order valence-electron chi connectivity index (χ0n) is 12.4. The van der Waals surface area contributed by atoms with Gasteiger partial charge in [-0.2, -0.15) is 0 Å². The summed E-state index contributed by atoms with van der Waals surface area (Å²) in [6.07, 6.45) is 13.1. The quantitative estimate of drug-likeness (QED) is 0.814. The van der Waals surface area contributed by atoms with Crippen LogP contribution in [0, 0.1) is 17.8 Å². The van der Waals surface area contributed by atoms with E-state index in [1.165, 1.54) is 57.8 Å². The van der Waals surface area contributed by atoms with E-state index < -0.39 is 0 Å². The van der Waals surface area contributed by atoms with Gasteiger partial charge in [-0.1, -0.05) is 19.3 Å². The predicted molar refractivity (Wildman–Crippen MR) is 79.3 cm³/mol. The fourth-order valence-electron chi connectivity index (χ4n) is 5.41. The zero-order valence-corrected chi connectivity index (χ0v) is 12.4. The summed E-state index contributed by atoms with van der Waals surface area (Å²) in [5, 5.41) is 7.04. The van der Waals surface area contributed by atoms with Gasteiger partial charge in [0.2, 0.25) is 5.91 Å². The maximum atomic E-state index is 12.5. The smallest absolute Gasteiger partial charge is 0.237 e. The maximum absolute atomic E-state index is 12.5. The first-order valence-electron chi connectivity index (χ1n) is 8.86. The van der Waals surface area contributed by atoms with Crippen molar-refractivity contribution < 1.29 is 4.79 Å². The largest absolute Gasteiger partial charge is 0.352 e.